The lowest BCUT2D eigenvalue weighted by Crippen LogP contribution is -2.32. The van der Waals surface area contributed by atoms with E-state index in [2.05, 4.69) is 26.0 Å². The van der Waals surface area contributed by atoms with Crippen molar-refractivity contribution in [1.82, 2.24) is 4.98 Å². The third-order valence-electron chi connectivity index (χ3n) is 7.33. The van der Waals surface area contributed by atoms with Gasteiger partial charge in [-0.3, -0.25) is 0 Å². The molecule has 3 heterocycles. The zero-order valence-corrected chi connectivity index (χ0v) is 20.0. The van der Waals surface area contributed by atoms with E-state index in [-0.39, 0.29) is 16.5 Å². The normalized spacial score (nSPS) is 19.7. The van der Waals surface area contributed by atoms with E-state index in [1.165, 1.54) is 24.8 Å². The van der Waals surface area contributed by atoms with Gasteiger partial charge in [-0.1, -0.05) is 64.0 Å². The number of aryl methyl sites for hydroxylation is 3. The maximum atomic E-state index is 8.67. The molecule has 1 aliphatic carbocycles. The Kier molecular flexibility index (Phi) is 3.04. The van der Waals surface area contributed by atoms with Gasteiger partial charge in [0.25, 0.3) is 0 Å². The summed E-state index contributed by atoms with van der Waals surface area (Å²) in [6, 6.07) is 13.8. The predicted molar refractivity (Wildman–Crippen MR) is 139 cm³/mol. The molecular weight excluding hydrogens is 416 g/mol. The second kappa shape index (κ2) is 7.02. The third-order valence-corrected chi connectivity index (χ3v) is 7.33. The van der Waals surface area contributed by atoms with Crippen molar-refractivity contribution in [3.8, 4) is 22.4 Å². The van der Waals surface area contributed by atoms with Crippen molar-refractivity contribution in [3.05, 3.63) is 82.7 Å². The number of fused-ring (bicyclic) bond motifs is 7. The van der Waals surface area contributed by atoms with Crippen molar-refractivity contribution >= 4 is 22.1 Å². The average molecular weight is 455 g/mol. The Labute approximate surface area is 210 Å². The van der Waals surface area contributed by atoms with E-state index < -0.39 is 19.6 Å². The van der Waals surface area contributed by atoms with Crippen LogP contribution in [0.2, 0.25) is 0 Å². The average Bonchev–Trinajstić information content (AvgIpc) is 3.35. The molecule has 0 bridgehead atoms. The molecule has 0 spiro atoms. The zero-order chi connectivity index (χ0) is 29.9. The van der Waals surface area contributed by atoms with Crippen LogP contribution in [0.25, 0.3) is 44.5 Å². The second-order valence-corrected chi connectivity index (χ2v) is 9.86. The molecule has 5 aromatic rings. The molecule has 170 valence electrons. The summed E-state index contributed by atoms with van der Waals surface area (Å²) in [5.74, 6) is -2.13. The van der Waals surface area contributed by atoms with Gasteiger partial charge in [0.1, 0.15) is 7.05 Å². The number of hydrogen-bond donors (Lipinski definition) is 0. The quantitative estimate of drug-likeness (QED) is 0.258. The van der Waals surface area contributed by atoms with Gasteiger partial charge in [-0.15, -0.1) is 0 Å². The fraction of sp³-hybridized carbons (Fsp3) is 0.290. The lowest BCUT2D eigenvalue weighted by molar-refractivity contribution is -0.660. The van der Waals surface area contributed by atoms with Crippen molar-refractivity contribution < 1.29 is 18.6 Å². The van der Waals surface area contributed by atoms with Gasteiger partial charge < -0.3 is 4.42 Å². The molecule has 0 radical (unpaired) electrons. The number of nitrogens with zero attached hydrogens (tertiary/aromatic N) is 2. The van der Waals surface area contributed by atoms with E-state index in [0.29, 0.717) is 22.6 Å². The van der Waals surface area contributed by atoms with Crippen LogP contribution in [0.3, 0.4) is 0 Å². The highest BCUT2D eigenvalue weighted by Gasteiger charge is 2.38. The Balaban J connectivity index is 1.68. The van der Waals surface area contributed by atoms with Gasteiger partial charge in [-0.25, -0.2) is 9.55 Å². The minimum atomic E-state index is -2.73. The molecule has 0 aliphatic heterocycles. The minimum absolute atomic E-state index is 0.0582. The number of aromatic nitrogens is 2. The van der Waals surface area contributed by atoms with E-state index in [1.54, 1.807) is 11.6 Å². The molecule has 0 saturated heterocycles. The number of pyridine rings is 2. The summed E-state index contributed by atoms with van der Waals surface area (Å²) in [7, 11) is 1.73. The molecule has 34 heavy (non-hydrogen) atoms. The first-order valence-electron chi connectivity index (χ1n) is 15.0. The predicted octanol–water partition coefficient (Wildman–Crippen LogP) is 7.52. The van der Waals surface area contributed by atoms with E-state index in [1.807, 2.05) is 37.4 Å². The van der Waals surface area contributed by atoms with Crippen LogP contribution in [-0.4, -0.2) is 4.98 Å². The van der Waals surface area contributed by atoms with Crippen molar-refractivity contribution in [2.45, 2.75) is 52.7 Å². The summed E-state index contributed by atoms with van der Waals surface area (Å²) in [4.78, 5) is 4.72. The van der Waals surface area contributed by atoms with E-state index in [4.69, 9.17) is 19.0 Å². The fourth-order valence-corrected chi connectivity index (χ4v) is 5.67. The Morgan fingerprint density at radius 2 is 1.94 bits per heavy atom. The molecule has 1 aliphatic rings. The van der Waals surface area contributed by atoms with Gasteiger partial charge >= 0.3 is 0 Å². The highest BCUT2D eigenvalue weighted by atomic mass is 16.3. The largest absolute Gasteiger partial charge is 0.437 e. The SMILES string of the molecule is [2H]C([2H])([2H])c1cc(-c2c(C)ccc3c2oc2ncc4c(c23)C(C)(C)c2ccccc2-4)[n+](C)cc1C([2H])(C)C([2H])([2H])[2H]. The molecule has 3 nitrogen and oxygen atoms in total. The summed E-state index contributed by atoms with van der Waals surface area (Å²) in [6.45, 7) is 2.21. The summed E-state index contributed by atoms with van der Waals surface area (Å²) in [5.41, 5.74) is 7.27. The topological polar surface area (TPSA) is 29.9 Å². The maximum absolute atomic E-state index is 8.67. The number of hydrogen-bond acceptors (Lipinski definition) is 2. The molecule has 0 N–H and O–H groups in total. The molecular formula is C31H31N2O+. The number of benzene rings is 2. The molecule has 3 heteroatoms. The number of rotatable bonds is 2. The van der Waals surface area contributed by atoms with Crippen LogP contribution >= 0.6 is 0 Å². The van der Waals surface area contributed by atoms with Gasteiger partial charge in [-0.2, -0.15) is 0 Å². The molecule has 3 aromatic heterocycles. The summed E-state index contributed by atoms with van der Waals surface area (Å²) >= 11 is 0. The molecule has 1 atom stereocenters. The molecule has 0 amide bonds. The van der Waals surface area contributed by atoms with Gasteiger partial charge in [0, 0.05) is 43.8 Å². The van der Waals surface area contributed by atoms with Crippen LogP contribution in [0.15, 0.2) is 59.3 Å². The number of furan rings is 1. The summed E-state index contributed by atoms with van der Waals surface area (Å²) < 4.78 is 65.4. The highest BCUT2D eigenvalue weighted by Crippen LogP contribution is 2.52. The van der Waals surface area contributed by atoms with E-state index in [0.717, 1.165) is 33.0 Å². The lowest BCUT2D eigenvalue weighted by Gasteiger charge is -2.22. The highest BCUT2D eigenvalue weighted by molar-refractivity contribution is 6.13. The monoisotopic (exact) mass is 454 g/mol. The van der Waals surface area contributed by atoms with Crippen LogP contribution in [0.5, 0.6) is 0 Å². The fourth-order valence-electron chi connectivity index (χ4n) is 5.67. The second-order valence-electron chi connectivity index (χ2n) is 9.86. The first kappa shape index (κ1) is 14.7. The van der Waals surface area contributed by atoms with Crippen molar-refractivity contribution in [3.63, 3.8) is 0 Å². The van der Waals surface area contributed by atoms with Gasteiger partial charge in [0.2, 0.25) is 11.4 Å². The lowest BCUT2D eigenvalue weighted by atomic mass is 9.81. The Morgan fingerprint density at radius 1 is 1.12 bits per heavy atom. The van der Waals surface area contributed by atoms with Crippen LogP contribution in [0, 0.1) is 13.8 Å². The van der Waals surface area contributed by atoms with Crippen LogP contribution in [0.4, 0.5) is 0 Å². The molecule has 1 unspecified atom stereocenters. The van der Waals surface area contributed by atoms with E-state index in [9.17, 15) is 0 Å². The molecule has 0 saturated carbocycles. The van der Waals surface area contributed by atoms with E-state index >= 15 is 0 Å². The zero-order valence-electron chi connectivity index (χ0n) is 27.0. The van der Waals surface area contributed by atoms with Gasteiger partial charge in [0.15, 0.2) is 11.8 Å². The molecule has 0 fully saturated rings. The maximum Gasteiger partial charge on any atom is 0.227 e. The van der Waals surface area contributed by atoms with Crippen molar-refractivity contribution in [2.75, 3.05) is 0 Å². The first-order chi connectivity index (χ1) is 19.0. The third kappa shape index (κ3) is 2.70. The molecule has 2 aromatic carbocycles. The van der Waals surface area contributed by atoms with Crippen molar-refractivity contribution in [1.29, 1.82) is 0 Å². The van der Waals surface area contributed by atoms with Crippen LogP contribution in [-0.2, 0) is 12.5 Å². The Morgan fingerprint density at radius 3 is 2.74 bits per heavy atom. The van der Waals surface area contributed by atoms with Crippen LogP contribution in [0.1, 0.15) is 70.9 Å². The van der Waals surface area contributed by atoms with Gasteiger partial charge in [-0.05, 0) is 47.5 Å². The summed E-state index contributed by atoms with van der Waals surface area (Å²) in [6.07, 6.45) is 3.33. The Hall–Kier alpha value is -3.46. The Bertz CT molecular complexity index is 1900. The van der Waals surface area contributed by atoms with Gasteiger partial charge in [0.05, 0.1) is 10.9 Å². The van der Waals surface area contributed by atoms with Crippen LogP contribution < -0.4 is 4.57 Å². The first-order valence-corrected chi connectivity index (χ1v) is 11.5. The van der Waals surface area contributed by atoms with Crippen molar-refractivity contribution in [2.24, 2.45) is 7.05 Å². The smallest absolute Gasteiger partial charge is 0.227 e. The molecule has 6 rings (SSSR count). The minimum Gasteiger partial charge on any atom is -0.437 e. The standard InChI is InChI=1S/C31H31N2O/c1-17(2)23-16-33(7)25(14-19(23)4)26-18(3)12-13-21-27-28-22(15-32-30(27)34-29(21)26)20-10-8-9-11-24(20)31(28,5)6/h8-17H,1-7H3/q+1/i1D3,4D3,17D. The summed E-state index contributed by atoms with van der Waals surface area (Å²) in [5, 5.41) is 1.80.